The maximum absolute atomic E-state index is 12.9. The average Bonchev–Trinajstić information content (AvgIpc) is 3.38. The second-order valence-corrected chi connectivity index (χ2v) is 12.1. The number of carbonyl (C=O) groups is 4. The van der Waals surface area contributed by atoms with E-state index in [0.29, 0.717) is 17.5 Å². The third-order valence-electron chi connectivity index (χ3n) is 6.89. The fraction of sp³-hybridized carbons (Fsp3) is 0.625. The standard InChI is InChI=1S/C24H30F3N5O11S2/c1-11(33)31(4-6-44-2)18-16-19(30-21(29-18)45-5-3-24(25,26)27)32(10-28-16)20-23(42,9-15(39)40)22(41,8-14(37)38)17(43-20)12(34)7-13(35)36/h10,12,17,20,34,41-42H,3-9H2,1-2H3,(H,35,36)(H,37,38)(H,39,40)/t12?,17-,20-,22-,23+/m1/s1. The van der Waals surface area contributed by atoms with Gasteiger partial charge < -0.3 is 35.4 Å². The molecule has 0 spiro atoms. The molecule has 1 aliphatic rings. The summed E-state index contributed by atoms with van der Waals surface area (Å²) in [5.74, 6) is -5.96. The molecule has 0 aliphatic carbocycles. The molecular formula is C24H30F3N5O11S2. The van der Waals surface area contributed by atoms with Crippen LogP contribution in [0.3, 0.4) is 0 Å². The Morgan fingerprint density at radius 2 is 1.69 bits per heavy atom. The first-order valence-electron chi connectivity index (χ1n) is 13.0. The van der Waals surface area contributed by atoms with E-state index in [1.54, 1.807) is 6.26 Å². The molecule has 0 saturated carbocycles. The summed E-state index contributed by atoms with van der Waals surface area (Å²) in [6.45, 7) is 1.28. The van der Waals surface area contributed by atoms with Crippen LogP contribution in [0.1, 0.15) is 38.8 Å². The van der Waals surface area contributed by atoms with E-state index in [1.807, 2.05) is 0 Å². The predicted molar refractivity (Wildman–Crippen MR) is 150 cm³/mol. The van der Waals surface area contributed by atoms with Crippen LogP contribution >= 0.6 is 23.5 Å². The summed E-state index contributed by atoms with van der Waals surface area (Å²) in [7, 11) is 0. The van der Waals surface area contributed by atoms with Crippen LogP contribution in [0.4, 0.5) is 19.0 Å². The van der Waals surface area contributed by atoms with Gasteiger partial charge in [0.25, 0.3) is 0 Å². The molecule has 1 saturated heterocycles. The van der Waals surface area contributed by atoms with Crippen molar-refractivity contribution >= 4 is 64.3 Å². The molecule has 2 aromatic rings. The molecular weight excluding hydrogens is 655 g/mol. The number of aliphatic carboxylic acids is 3. The highest BCUT2D eigenvalue weighted by Crippen LogP contribution is 2.51. The number of aliphatic hydroxyl groups excluding tert-OH is 1. The number of carbonyl (C=O) groups excluding carboxylic acids is 1. The summed E-state index contributed by atoms with van der Waals surface area (Å²) < 4.78 is 45.2. The minimum absolute atomic E-state index is 0.0762. The number of ether oxygens (including phenoxy) is 1. The Morgan fingerprint density at radius 3 is 2.22 bits per heavy atom. The number of thioether (sulfide) groups is 2. The Balaban J connectivity index is 2.29. The maximum Gasteiger partial charge on any atom is 0.389 e. The molecule has 1 amide bonds. The zero-order chi connectivity index (χ0) is 33.9. The van der Waals surface area contributed by atoms with Crippen molar-refractivity contribution in [2.75, 3.05) is 29.2 Å². The van der Waals surface area contributed by atoms with E-state index in [9.17, 15) is 63.0 Å². The molecule has 3 rings (SSSR count). The highest BCUT2D eigenvalue weighted by Gasteiger charge is 2.69. The van der Waals surface area contributed by atoms with Gasteiger partial charge in [0, 0.05) is 25.0 Å². The third-order valence-corrected chi connectivity index (χ3v) is 8.33. The minimum Gasteiger partial charge on any atom is -0.481 e. The maximum atomic E-state index is 12.9. The third kappa shape index (κ3) is 7.95. The molecule has 1 aliphatic heterocycles. The Morgan fingerprint density at radius 1 is 1.07 bits per heavy atom. The van der Waals surface area contributed by atoms with Gasteiger partial charge in [0.15, 0.2) is 34.0 Å². The summed E-state index contributed by atoms with van der Waals surface area (Å²) in [5.41, 5.74) is -6.70. The van der Waals surface area contributed by atoms with Crippen LogP contribution in [0.5, 0.6) is 0 Å². The number of alkyl halides is 3. The van der Waals surface area contributed by atoms with Crippen LogP contribution in [-0.2, 0) is 23.9 Å². The van der Waals surface area contributed by atoms with Crippen molar-refractivity contribution < 1.29 is 67.7 Å². The zero-order valence-corrected chi connectivity index (χ0v) is 25.3. The molecule has 3 heterocycles. The van der Waals surface area contributed by atoms with E-state index in [1.165, 1.54) is 23.6 Å². The second kappa shape index (κ2) is 14.0. The van der Waals surface area contributed by atoms with Crippen molar-refractivity contribution in [2.24, 2.45) is 0 Å². The number of amides is 1. The first-order chi connectivity index (χ1) is 20.8. The number of nitrogens with zero attached hydrogens (tertiary/aromatic N) is 5. The lowest BCUT2D eigenvalue weighted by Gasteiger charge is -2.40. The number of imidazole rings is 1. The van der Waals surface area contributed by atoms with Crippen LogP contribution in [0, 0.1) is 0 Å². The number of anilines is 1. The summed E-state index contributed by atoms with van der Waals surface area (Å²) >= 11 is 1.93. The summed E-state index contributed by atoms with van der Waals surface area (Å²) in [6, 6.07) is 0. The molecule has 1 fully saturated rings. The van der Waals surface area contributed by atoms with Crippen LogP contribution in [0.25, 0.3) is 11.2 Å². The van der Waals surface area contributed by atoms with Gasteiger partial charge in [-0.15, -0.1) is 0 Å². The van der Waals surface area contributed by atoms with Crippen LogP contribution in [0.2, 0.25) is 0 Å². The number of carboxylic acids is 3. The Hall–Kier alpha value is -3.24. The van der Waals surface area contributed by atoms with Crippen LogP contribution in [-0.4, -0.2) is 128 Å². The van der Waals surface area contributed by atoms with Gasteiger partial charge in [0.05, 0.1) is 38.1 Å². The number of hydrogen-bond donors (Lipinski definition) is 6. The minimum atomic E-state index is -4.52. The highest BCUT2D eigenvalue weighted by atomic mass is 32.2. The highest BCUT2D eigenvalue weighted by molar-refractivity contribution is 7.99. The van der Waals surface area contributed by atoms with Crippen LogP contribution in [0.15, 0.2) is 11.5 Å². The first-order valence-corrected chi connectivity index (χ1v) is 15.4. The summed E-state index contributed by atoms with van der Waals surface area (Å²) in [6.07, 6.45) is -13.4. The van der Waals surface area contributed by atoms with E-state index in [0.717, 1.165) is 10.9 Å². The Kier molecular flexibility index (Phi) is 11.3. The average molecular weight is 686 g/mol. The number of hydrogen-bond acceptors (Lipinski definition) is 13. The van der Waals surface area contributed by atoms with Crippen LogP contribution < -0.4 is 4.90 Å². The van der Waals surface area contributed by atoms with E-state index < -0.39 is 91.1 Å². The van der Waals surface area contributed by atoms with Gasteiger partial charge in [0.2, 0.25) is 5.91 Å². The van der Waals surface area contributed by atoms with Crippen molar-refractivity contribution in [1.29, 1.82) is 0 Å². The van der Waals surface area contributed by atoms with Gasteiger partial charge >= 0.3 is 24.1 Å². The Labute approximate surface area is 260 Å². The van der Waals surface area contributed by atoms with Crippen molar-refractivity contribution in [1.82, 2.24) is 19.5 Å². The molecule has 5 atom stereocenters. The smallest absolute Gasteiger partial charge is 0.389 e. The van der Waals surface area contributed by atoms with Gasteiger partial charge in [-0.2, -0.15) is 24.9 Å². The van der Waals surface area contributed by atoms with Gasteiger partial charge in [0.1, 0.15) is 11.7 Å². The predicted octanol–water partition coefficient (Wildman–Crippen LogP) is 0.731. The fourth-order valence-electron chi connectivity index (χ4n) is 4.93. The van der Waals surface area contributed by atoms with Crippen molar-refractivity contribution in [3.05, 3.63) is 6.33 Å². The van der Waals surface area contributed by atoms with E-state index >= 15 is 0 Å². The van der Waals surface area contributed by atoms with Gasteiger partial charge in [-0.1, -0.05) is 11.8 Å². The molecule has 2 aromatic heterocycles. The number of fused-ring (bicyclic) bond motifs is 1. The molecule has 0 aromatic carbocycles. The molecule has 45 heavy (non-hydrogen) atoms. The molecule has 16 nitrogen and oxygen atoms in total. The number of aliphatic hydroxyl groups is 3. The van der Waals surface area contributed by atoms with E-state index in [2.05, 4.69) is 15.0 Å². The van der Waals surface area contributed by atoms with Gasteiger partial charge in [-0.3, -0.25) is 28.6 Å². The number of aromatic nitrogens is 4. The summed E-state index contributed by atoms with van der Waals surface area (Å²) in [5, 5.41) is 62.1. The molecule has 0 radical (unpaired) electrons. The fourth-order valence-corrected chi connectivity index (χ4v) is 6.11. The number of rotatable bonds is 15. The first kappa shape index (κ1) is 36.2. The lowest BCUT2D eigenvalue weighted by molar-refractivity contribution is -0.188. The zero-order valence-electron chi connectivity index (χ0n) is 23.7. The monoisotopic (exact) mass is 685 g/mol. The normalized spacial score (nSPS) is 24.1. The van der Waals surface area contributed by atoms with Crippen molar-refractivity contribution in [3.8, 4) is 0 Å². The van der Waals surface area contributed by atoms with E-state index in [-0.39, 0.29) is 28.7 Å². The van der Waals surface area contributed by atoms with E-state index in [4.69, 9.17) is 4.74 Å². The molecule has 1 unspecified atom stereocenters. The molecule has 250 valence electrons. The lowest BCUT2D eigenvalue weighted by atomic mass is 9.73. The quantitative estimate of drug-likeness (QED) is 0.112. The largest absolute Gasteiger partial charge is 0.481 e. The second-order valence-electron chi connectivity index (χ2n) is 10.1. The topological polar surface area (TPSA) is 246 Å². The Bertz CT molecular complexity index is 1450. The SMILES string of the molecule is CSCCN(C(C)=O)c1nc(SCCC(F)(F)F)nc2c1ncn2[C@@H]1O[C@H](C(O)CC(=O)O)[C@](O)(CC(=O)O)[C@]1(O)CC(=O)O. The molecule has 0 bridgehead atoms. The van der Waals surface area contributed by atoms with Gasteiger partial charge in [-0.25, -0.2) is 15.0 Å². The number of carboxylic acid groups (broad SMARTS) is 3. The molecule has 21 heteroatoms. The van der Waals surface area contributed by atoms with Crippen molar-refractivity contribution in [3.63, 3.8) is 0 Å². The summed E-state index contributed by atoms with van der Waals surface area (Å²) in [4.78, 5) is 61.4. The van der Waals surface area contributed by atoms with Gasteiger partial charge in [-0.05, 0) is 6.26 Å². The van der Waals surface area contributed by atoms with Crippen molar-refractivity contribution in [2.45, 2.75) is 73.6 Å². The number of halogens is 3. The lowest BCUT2D eigenvalue weighted by Crippen LogP contribution is -2.62. The molecule has 6 N–H and O–H groups in total.